The van der Waals surface area contributed by atoms with E-state index in [0.29, 0.717) is 18.4 Å². The minimum atomic E-state index is -0.0490. The molecule has 3 aromatic heterocycles. The van der Waals surface area contributed by atoms with Crippen molar-refractivity contribution in [3.8, 4) is 0 Å². The summed E-state index contributed by atoms with van der Waals surface area (Å²) in [6, 6.07) is 5.60. The summed E-state index contributed by atoms with van der Waals surface area (Å²) >= 11 is 0. The van der Waals surface area contributed by atoms with Crippen LogP contribution < -0.4 is 10.9 Å². The lowest BCUT2D eigenvalue weighted by atomic mass is 10.0. The van der Waals surface area contributed by atoms with E-state index in [1.54, 1.807) is 29.3 Å². The average Bonchev–Trinajstić information content (AvgIpc) is 3.17. The molecular weight excluding hydrogens is 344 g/mol. The first kappa shape index (κ1) is 17.7. The van der Waals surface area contributed by atoms with E-state index in [9.17, 15) is 4.79 Å². The van der Waals surface area contributed by atoms with E-state index < -0.39 is 0 Å². The SMILES string of the molecule is Cc1ccc(=O)n(CCN2CCCCC2CNc2nncc3ccoc23)n1. The van der Waals surface area contributed by atoms with Crippen LogP contribution in [-0.2, 0) is 6.54 Å². The zero-order chi connectivity index (χ0) is 18.6. The number of nitrogens with one attached hydrogen (secondary N) is 1. The van der Waals surface area contributed by atoms with Crippen molar-refractivity contribution in [1.29, 1.82) is 0 Å². The number of nitrogens with zero attached hydrogens (tertiary/aromatic N) is 5. The minimum Gasteiger partial charge on any atom is -0.460 e. The fourth-order valence-electron chi connectivity index (χ4n) is 3.66. The predicted molar refractivity (Wildman–Crippen MR) is 103 cm³/mol. The number of piperidine rings is 1. The van der Waals surface area contributed by atoms with Crippen molar-refractivity contribution in [3.63, 3.8) is 0 Å². The molecule has 1 aliphatic rings. The monoisotopic (exact) mass is 368 g/mol. The number of aromatic nitrogens is 4. The van der Waals surface area contributed by atoms with Gasteiger partial charge in [0.25, 0.3) is 5.56 Å². The zero-order valence-corrected chi connectivity index (χ0v) is 15.5. The average molecular weight is 368 g/mol. The van der Waals surface area contributed by atoms with E-state index in [4.69, 9.17) is 4.42 Å². The Labute approximate surface area is 157 Å². The van der Waals surface area contributed by atoms with Crippen LogP contribution in [-0.4, -0.2) is 50.6 Å². The van der Waals surface area contributed by atoms with Crippen molar-refractivity contribution in [3.05, 3.63) is 46.7 Å². The van der Waals surface area contributed by atoms with Crippen LogP contribution >= 0.6 is 0 Å². The molecule has 8 heteroatoms. The third-order valence-electron chi connectivity index (χ3n) is 5.12. The van der Waals surface area contributed by atoms with Gasteiger partial charge in [0.1, 0.15) is 0 Å². The predicted octanol–water partition coefficient (Wildman–Crippen LogP) is 2.05. The summed E-state index contributed by atoms with van der Waals surface area (Å²) < 4.78 is 7.08. The molecule has 0 saturated carbocycles. The highest BCUT2D eigenvalue weighted by Crippen LogP contribution is 2.22. The first-order valence-electron chi connectivity index (χ1n) is 9.42. The molecule has 1 fully saturated rings. The van der Waals surface area contributed by atoms with Crippen LogP contribution in [0.25, 0.3) is 11.0 Å². The number of hydrogen-bond acceptors (Lipinski definition) is 7. The number of aryl methyl sites for hydroxylation is 1. The second-order valence-corrected chi connectivity index (χ2v) is 7.00. The summed E-state index contributed by atoms with van der Waals surface area (Å²) in [5, 5.41) is 16.9. The van der Waals surface area contributed by atoms with Gasteiger partial charge in [-0.3, -0.25) is 9.69 Å². The highest BCUT2D eigenvalue weighted by molar-refractivity contribution is 5.85. The molecule has 0 aliphatic carbocycles. The van der Waals surface area contributed by atoms with Crippen molar-refractivity contribution >= 4 is 16.8 Å². The number of likely N-dealkylation sites (tertiary alicyclic amines) is 1. The standard InChI is InChI=1S/C19H24N6O2/c1-14-5-6-17(26)25(23-14)10-9-24-8-3-2-4-16(24)13-20-19-18-15(7-11-27-18)12-21-22-19/h5-7,11-12,16H,2-4,8-10,13H2,1H3,(H,20,22). The summed E-state index contributed by atoms with van der Waals surface area (Å²) in [6.07, 6.45) is 6.86. The fourth-order valence-corrected chi connectivity index (χ4v) is 3.66. The Morgan fingerprint density at radius 2 is 2.19 bits per heavy atom. The van der Waals surface area contributed by atoms with Crippen LogP contribution in [0.15, 0.2) is 39.9 Å². The number of fused-ring (bicyclic) bond motifs is 1. The van der Waals surface area contributed by atoms with Crippen LogP contribution in [0.5, 0.6) is 0 Å². The molecule has 1 unspecified atom stereocenters. The van der Waals surface area contributed by atoms with Crippen LogP contribution in [0.2, 0.25) is 0 Å². The normalized spacial score (nSPS) is 18.0. The molecule has 0 spiro atoms. The summed E-state index contributed by atoms with van der Waals surface area (Å²) in [6.45, 7) is 5.11. The van der Waals surface area contributed by atoms with Crippen LogP contribution in [0.4, 0.5) is 5.82 Å². The third-order valence-corrected chi connectivity index (χ3v) is 5.12. The molecular formula is C19H24N6O2. The molecule has 0 amide bonds. The second-order valence-electron chi connectivity index (χ2n) is 7.00. The van der Waals surface area contributed by atoms with Gasteiger partial charge in [-0.25, -0.2) is 4.68 Å². The van der Waals surface area contributed by atoms with E-state index in [0.717, 1.165) is 42.7 Å². The van der Waals surface area contributed by atoms with Gasteiger partial charge < -0.3 is 9.73 Å². The van der Waals surface area contributed by atoms with Crippen molar-refractivity contribution in [2.45, 2.75) is 38.8 Å². The first-order valence-corrected chi connectivity index (χ1v) is 9.42. The van der Waals surface area contributed by atoms with E-state index in [-0.39, 0.29) is 5.56 Å². The molecule has 1 saturated heterocycles. The van der Waals surface area contributed by atoms with Crippen LogP contribution in [0.3, 0.4) is 0 Å². The third kappa shape index (κ3) is 4.00. The maximum Gasteiger partial charge on any atom is 0.266 e. The highest BCUT2D eigenvalue weighted by atomic mass is 16.3. The topological polar surface area (TPSA) is 89.1 Å². The quantitative estimate of drug-likeness (QED) is 0.712. The molecule has 0 radical (unpaired) electrons. The molecule has 27 heavy (non-hydrogen) atoms. The van der Waals surface area contributed by atoms with Crippen molar-refractivity contribution in [2.75, 3.05) is 25.0 Å². The van der Waals surface area contributed by atoms with Crippen molar-refractivity contribution in [1.82, 2.24) is 24.9 Å². The molecule has 142 valence electrons. The van der Waals surface area contributed by atoms with Gasteiger partial charge in [-0.2, -0.15) is 10.2 Å². The van der Waals surface area contributed by atoms with Crippen molar-refractivity contribution in [2.24, 2.45) is 0 Å². The summed E-state index contributed by atoms with van der Waals surface area (Å²) in [4.78, 5) is 14.4. The van der Waals surface area contributed by atoms with Gasteiger partial charge in [0.15, 0.2) is 11.4 Å². The molecule has 0 bridgehead atoms. The Morgan fingerprint density at radius 1 is 1.26 bits per heavy atom. The molecule has 4 rings (SSSR count). The molecule has 8 nitrogen and oxygen atoms in total. The van der Waals surface area contributed by atoms with Gasteiger partial charge in [-0.15, -0.1) is 5.10 Å². The zero-order valence-electron chi connectivity index (χ0n) is 15.5. The highest BCUT2D eigenvalue weighted by Gasteiger charge is 2.22. The molecule has 4 heterocycles. The van der Waals surface area contributed by atoms with E-state index in [2.05, 4.69) is 25.5 Å². The smallest absolute Gasteiger partial charge is 0.266 e. The number of furan rings is 1. The number of rotatable bonds is 6. The maximum absolute atomic E-state index is 12.0. The van der Waals surface area contributed by atoms with Crippen molar-refractivity contribution < 1.29 is 4.42 Å². The van der Waals surface area contributed by atoms with E-state index >= 15 is 0 Å². The lowest BCUT2D eigenvalue weighted by Gasteiger charge is -2.35. The molecule has 1 aliphatic heterocycles. The Hall–Kier alpha value is -2.74. The molecule has 1 atom stereocenters. The van der Waals surface area contributed by atoms with Crippen LogP contribution in [0.1, 0.15) is 25.0 Å². The van der Waals surface area contributed by atoms with Crippen LogP contribution in [0, 0.1) is 6.92 Å². The number of hydrogen-bond donors (Lipinski definition) is 1. The maximum atomic E-state index is 12.0. The second kappa shape index (κ2) is 7.87. The summed E-state index contributed by atoms with van der Waals surface area (Å²) in [7, 11) is 0. The van der Waals surface area contributed by atoms with Gasteiger partial charge >= 0.3 is 0 Å². The summed E-state index contributed by atoms with van der Waals surface area (Å²) in [5.74, 6) is 0.680. The van der Waals surface area contributed by atoms with Gasteiger partial charge in [-0.05, 0) is 38.4 Å². The van der Waals surface area contributed by atoms with E-state index in [1.807, 2.05) is 13.0 Å². The Kier molecular flexibility index (Phi) is 5.15. The Balaban J connectivity index is 1.41. The molecule has 0 aromatic carbocycles. The van der Waals surface area contributed by atoms with E-state index in [1.165, 1.54) is 12.8 Å². The lowest BCUT2D eigenvalue weighted by molar-refractivity contribution is 0.148. The van der Waals surface area contributed by atoms with Gasteiger partial charge in [0, 0.05) is 30.6 Å². The summed E-state index contributed by atoms with van der Waals surface area (Å²) in [5.41, 5.74) is 1.55. The number of anilines is 1. The molecule has 3 aromatic rings. The fraction of sp³-hybridized carbons (Fsp3) is 0.474. The first-order chi connectivity index (χ1) is 13.2. The van der Waals surface area contributed by atoms with Gasteiger partial charge in [0.05, 0.1) is 24.7 Å². The minimum absolute atomic E-state index is 0.0490. The Morgan fingerprint density at radius 3 is 3.11 bits per heavy atom. The molecule has 1 N–H and O–H groups in total. The Bertz CT molecular complexity index is 966. The largest absolute Gasteiger partial charge is 0.460 e. The lowest BCUT2D eigenvalue weighted by Crippen LogP contribution is -2.45. The van der Waals surface area contributed by atoms with Gasteiger partial charge in [-0.1, -0.05) is 6.42 Å². The van der Waals surface area contributed by atoms with Gasteiger partial charge in [0.2, 0.25) is 0 Å².